The number of nitrogens with zero attached hydrogens (tertiary/aromatic N) is 1. The average Bonchev–Trinajstić information content (AvgIpc) is 2.69. The highest BCUT2D eigenvalue weighted by Crippen LogP contribution is 2.24. The second kappa shape index (κ2) is 11.2. The van der Waals surface area contributed by atoms with Gasteiger partial charge < -0.3 is 10.2 Å². The van der Waals surface area contributed by atoms with Gasteiger partial charge >= 0.3 is 0 Å². The topological polar surface area (TPSA) is 49.4 Å². The average molecular weight is 435 g/mol. The van der Waals surface area contributed by atoms with Gasteiger partial charge in [-0.2, -0.15) is 0 Å². The molecule has 0 fully saturated rings. The summed E-state index contributed by atoms with van der Waals surface area (Å²) in [7, 11) is 0. The Morgan fingerprint density at radius 2 is 1.79 bits per heavy atom. The molecule has 4 nitrogen and oxygen atoms in total. The van der Waals surface area contributed by atoms with Crippen LogP contribution in [0.1, 0.15) is 43.4 Å². The highest BCUT2D eigenvalue weighted by Gasteiger charge is 2.29. The quantitative estimate of drug-likeness (QED) is 0.590. The van der Waals surface area contributed by atoms with Gasteiger partial charge in [0.1, 0.15) is 6.04 Å². The maximum Gasteiger partial charge on any atom is 0.242 e. The van der Waals surface area contributed by atoms with E-state index < -0.39 is 6.04 Å². The van der Waals surface area contributed by atoms with Gasteiger partial charge in [-0.25, -0.2) is 0 Å². The Balaban J connectivity index is 2.33. The van der Waals surface area contributed by atoms with Gasteiger partial charge in [-0.05, 0) is 48.6 Å². The van der Waals surface area contributed by atoms with Crippen molar-refractivity contribution in [1.29, 1.82) is 0 Å². The standard InChI is InChI=1S/C23H28Cl2N2O2/c1-4-12-26-23(29)21(5-2)27(15-18-10-11-19(24)14-20(18)25)22(28)13-17-9-7-6-8-16(17)3/h6-11,14,21H,4-5,12-13,15H2,1-3H3,(H,26,29)/t21-/m1/s1. The Kier molecular flexibility index (Phi) is 8.99. The molecule has 2 aromatic rings. The number of rotatable bonds is 9. The predicted octanol–water partition coefficient (Wildman–Crippen LogP) is 5.18. The first-order chi connectivity index (χ1) is 13.9. The second-order valence-electron chi connectivity index (χ2n) is 7.08. The van der Waals surface area contributed by atoms with Crippen LogP contribution < -0.4 is 5.32 Å². The zero-order valence-electron chi connectivity index (χ0n) is 17.2. The lowest BCUT2D eigenvalue weighted by Crippen LogP contribution is -2.49. The third-order valence-electron chi connectivity index (χ3n) is 4.89. The van der Waals surface area contributed by atoms with E-state index in [4.69, 9.17) is 23.2 Å². The van der Waals surface area contributed by atoms with E-state index in [1.165, 1.54) is 0 Å². The van der Waals surface area contributed by atoms with Gasteiger partial charge in [0.2, 0.25) is 11.8 Å². The zero-order chi connectivity index (χ0) is 21.4. The fraction of sp³-hybridized carbons (Fsp3) is 0.391. The fourth-order valence-electron chi connectivity index (χ4n) is 3.19. The Morgan fingerprint density at radius 3 is 2.41 bits per heavy atom. The number of amides is 2. The fourth-order valence-corrected chi connectivity index (χ4v) is 3.66. The molecule has 1 N–H and O–H groups in total. The van der Waals surface area contributed by atoms with Gasteiger partial charge in [-0.1, -0.05) is 67.4 Å². The lowest BCUT2D eigenvalue weighted by Gasteiger charge is -2.31. The largest absolute Gasteiger partial charge is 0.354 e. The SMILES string of the molecule is CCCNC(=O)[C@@H](CC)N(Cc1ccc(Cl)cc1Cl)C(=O)Cc1ccccc1C. The van der Waals surface area contributed by atoms with E-state index in [0.717, 1.165) is 23.1 Å². The van der Waals surface area contributed by atoms with Gasteiger partial charge in [0.25, 0.3) is 0 Å². The molecule has 2 rings (SSSR count). The summed E-state index contributed by atoms with van der Waals surface area (Å²) >= 11 is 12.4. The first-order valence-electron chi connectivity index (χ1n) is 9.92. The van der Waals surface area contributed by atoms with Gasteiger partial charge in [0.05, 0.1) is 6.42 Å². The molecule has 0 aliphatic rings. The molecule has 0 bridgehead atoms. The number of hydrogen-bond donors (Lipinski definition) is 1. The summed E-state index contributed by atoms with van der Waals surface area (Å²) < 4.78 is 0. The monoisotopic (exact) mass is 434 g/mol. The first-order valence-corrected chi connectivity index (χ1v) is 10.7. The van der Waals surface area contributed by atoms with Crippen LogP contribution in [0.4, 0.5) is 0 Å². The van der Waals surface area contributed by atoms with E-state index in [1.54, 1.807) is 23.1 Å². The number of hydrogen-bond acceptors (Lipinski definition) is 2. The molecule has 156 valence electrons. The molecule has 0 aliphatic heterocycles. The van der Waals surface area contributed by atoms with Crippen molar-refractivity contribution in [2.75, 3.05) is 6.54 Å². The van der Waals surface area contributed by atoms with Crippen molar-refractivity contribution in [3.05, 3.63) is 69.2 Å². The van der Waals surface area contributed by atoms with E-state index in [1.807, 2.05) is 45.0 Å². The van der Waals surface area contributed by atoms with Crippen molar-refractivity contribution in [2.45, 2.75) is 52.6 Å². The highest BCUT2D eigenvalue weighted by atomic mass is 35.5. The van der Waals surface area contributed by atoms with Crippen LogP contribution in [0.25, 0.3) is 0 Å². The smallest absolute Gasteiger partial charge is 0.242 e. The molecule has 29 heavy (non-hydrogen) atoms. The van der Waals surface area contributed by atoms with Crippen molar-refractivity contribution in [3.8, 4) is 0 Å². The summed E-state index contributed by atoms with van der Waals surface area (Å²) in [6, 6.07) is 12.4. The molecule has 6 heteroatoms. The van der Waals surface area contributed by atoms with Gasteiger partial charge in [-0.15, -0.1) is 0 Å². The van der Waals surface area contributed by atoms with E-state index in [2.05, 4.69) is 5.32 Å². The Bertz CT molecular complexity index is 855. The minimum Gasteiger partial charge on any atom is -0.354 e. The van der Waals surface area contributed by atoms with Gasteiger partial charge in [0, 0.05) is 23.1 Å². The normalized spacial score (nSPS) is 11.8. The van der Waals surface area contributed by atoms with Crippen molar-refractivity contribution in [1.82, 2.24) is 10.2 Å². The summed E-state index contributed by atoms with van der Waals surface area (Å²) in [5.74, 6) is -0.249. The highest BCUT2D eigenvalue weighted by molar-refractivity contribution is 6.35. The lowest BCUT2D eigenvalue weighted by atomic mass is 10.0. The van der Waals surface area contributed by atoms with E-state index in [9.17, 15) is 9.59 Å². The third-order valence-corrected chi connectivity index (χ3v) is 5.48. The summed E-state index contributed by atoms with van der Waals surface area (Å²) in [6.45, 7) is 6.72. The molecule has 0 spiro atoms. The van der Waals surface area contributed by atoms with Crippen LogP contribution in [0.2, 0.25) is 10.0 Å². The van der Waals surface area contributed by atoms with Gasteiger partial charge in [0.15, 0.2) is 0 Å². The molecule has 0 unspecified atom stereocenters. The van der Waals surface area contributed by atoms with E-state index >= 15 is 0 Å². The molecule has 0 heterocycles. The number of halogens is 2. The number of nitrogens with one attached hydrogen (secondary N) is 1. The van der Waals surface area contributed by atoms with Crippen LogP contribution >= 0.6 is 23.2 Å². The van der Waals surface area contributed by atoms with Crippen molar-refractivity contribution < 1.29 is 9.59 Å². The van der Waals surface area contributed by atoms with Crippen molar-refractivity contribution in [2.24, 2.45) is 0 Å². The van der Waals surface area contributed by atoms with Crippen LogP contribution in [0.3, 0.4) is 0 Å². The van der Waals surface area contributed by atoms with Crippen LogP contribution in [0, 0.1) is 6.92 Å². The minimum absolute atomic E-state index is 0.108. The summed E-state index contributed by atoms with van der Waals surface area (Å²) in [5.41, 5.74) is 2.76. The Morgan fingerprint density at radius 1 is 1.07 bits per heavy atom. The summed E-state index contributed by atoms with van der Waals surface area (Å²) in [5, 5.41) is 3.93. The number of carbonyl (C=O) groups is 2. The van der Waals surface area contributed by atoms with Crippen molar-refractivity contribution in [3.63, 3.8) is 0 Å². The van der Waals surface area contributed by atoms with Crippen LogP contribution in [0.15, 0.2) is 42.5 Å². The number of carbonyl (C=O) groups excluding carboxylic acids is 2. The molecule has 0 saturated heterocycles. The maximum absolute atomic E-state index is 13.3. The second-order valence-corrected chi connectivity index (χ2v) is 7.92. The van der Waals surface area contributed by atoms with Crippen LogP contribution in [-0.4, -0.2) is 29.3 Å². The Hall–Kier alpha value is -2.04. The molecule has 2 aromatic carbocycles. The lowest BCUT2D eigenvalue weighted by molar-refractivity contribution is -0.140. The third kappa shape index (κ3) is 6.48. The summed E-state index contributed by atoms with van der Waals surface area (Å²) in [6.07, 6.45) is 1.58. The number of aryl methyl sites for hydroxylation is 1. The molecule has 1 atom stereocenters. The molecule has 0 aliphatic carbocycles. The molecule has 0 radical (unpaired) electrons. The zero-order valence-corrected chi connectivity index (χ0v) is 18.7. The minimum atomic E-state index is -0.565. The molecule has 2 amide bonds. The first kappa shape index (κ1) is 23.2. The van der Waals surface area contributed by atoms with Crippen molar-refractivity contribution >= 4 is 35.0 Å². The summed E-state index contributed by atoms with van der Waals surface area (Å²) in [4.78, 5) is 27.7. The maximum atomic E-state index is 13.3. The molecule has 0 aromatic heterocycles. The van der Waals surface area contributed by atoms with Crippen LogP contribution in [0.5, 0.6) is 0 Å². The van der Waals surface area contributed by atoms with Gasteiger partial charge in [-0.3, -0.25) is 9.59 Å². The van der Waals surface area contributed by atoms with E-state index in [0.29, 0.717) is 23.0 Å². The van der Waals surface area contributed by atoms with Crippen LogP contribution in [-0.2, 0) is 22.6 Å². The van der Waals surface area contributed by atoms with E-state index in [-0.39, 0.29) is 24.8 Å². The number of benzene rings is 2. The molecular formula is C23H28Cl2N2O2. The molecule has 0 saturated carbocycles. The molecular weight excluding hydrogens is 407 g/mol. The Labute approximate surface area is 183 Å². The predicted molar refractivity (Wildman–Crippen MR) is 119 cm³/mol.